The Bertz CT molecular complexity index is 607. The van der Waals surface area contributed by atoms with Crippen LogP contribution in [0.5, 0.6) is 0 Å². The van der Waals surface area contributed by atoms with Gasteiger partial charge in [-0.3, -0.25) is 4.79 Å². The predicted octanol–water partition coefficient (Wildman–Crippen LogP) is 2.58. The molecule has 0 radical (unpaired) electrons. The van der Waals surface area contributed by atoms with Gasteiger partial charge in [0.2, 0.25) is 0 Å². The SMILES string of the molecule is Cc1c(C(=O)N(C)CC(C)(C)O)oc2ccccc12. The van der Waals surface area contributed by atoms with Gasteiger partial charge in [-0.05, 0) is 26.8 Å². The van der Waals surface area contributed by atoms with Gasteiger partial charge in [-0.25, -0.2) is 0 Å². The van der Waals surface area contributed by atoms with Crippen LogP contribution in [0.2, 0.25) is 0 Å². The number of aryl methyl sites for hydroxylation is 1. The highest BCUT2D eigenvalue weighted by Gasteiger charge is 2.24. The van der Waals surface area contributed by atoms with E-state index >= 15 is 0 Å². The van der Waals surface area contributed by atoms with Crippen LogP contribution in [0.15, 0.2) is 28.7 Å². The molecule has 102 valence electrons. The Kier molecular flexibility index (Phi) is 3.37. The molecule has 0 atom stereocenters. The molecule has 0 bridgehead atoms. The molecule has 1 aromatic carbocycles. The van der Waals surface area contributed by atoms with Gasteiger partial charge in [0.15, 0.2) is 5.76 Å². The first kappa shape index (κ1) is 13.6. The van der Waals surface area contributed by atoms with Crippen molar-refractivity contribution in [3.05, 3.63) is 35.6 Å². The van der Waals surface area contributed by atoms with E-state index in [1.54, 1.807) is 20.9 Å². The van der Waals surface area contributed by atoms with E-state index in [2.05, 4.69) is 0 Å². The number of para-hydroxylation sites is 1. The van der Waals surface area contributed by atoms with Gasteiger partial charge in [0.05, 0.1) is 5.60 Å². The van der Waals surface area contributed by atoms with Crippen molar-refractivity contribution in [1.82, 2.24) is 4.90 Å². The van der Waals surface area contributed by atoms with Gasteiger partial charge in [-0.1, -0.05) is 18.2 Å². The zero-order valence-corrected chi connectivity index (χ0v) is 11.7. The van der Waals surface area contributed by atoms with Crippen molar-refractivity contribution >= 4 is 16.9 Å². The van der Waals surface area contributed by atoms with E-state index in [-0.39, 0.29) is 12.5 Å². The molecule has 0 unspecified atom stereocenters. The average molecular weight is 261 g/mol. The van der Waals surface area contributed by atoms with Gasteiger partial charge in [-0.2, -0.15) is 0 Å². The maximum absolute atomic E-state index is 12.3. The molecule has 0 aliphatic carbocycles. The van der Waals surface area contributed by atoms with Crippen molar-refractivity contribution < 1.29 is 14.3 Å². The van der Waals surface area contributed by atoms with Crippen molar-refractivity contribution in [2.45, 2.75) is 26.4 Å². The van der Waals surface area contributed by atoms with E-state index in [0.29, 0.717) is 11.3 Å². The monoisotopic (exact) mass is 261 g/mol. The number of rotatable bonds is 3. The predicted molar refractivity (Wildman–Crippen MR) is 74.2 cm³/mol. The fraction of sp³-hybridized carbons (Fsp3) is 0.400. The summed E-state index contributed by atoms with van der Waals surface area (Å²) >= 11 is 0. The Balaban J connectivity index is 2.34. The van der Waals surface area contributed by atoms with Crippen molar-refractivity contribution in [3.8, 4) is 0 Å². The minimum atomic E-state index is -0.926. The van der Waals surface area contributed by atoms with Crippen LogP contribution >= 0.6 is 0 Å². The van der Waals surface area contributed by atoms with Gasteiger partial charge >= 0.3 is 0 Å². The molecule has 4 nitrogen and oxygen atoms in total. The fourth-order valence-corrected chi connectivity index (χ4v) is 2.20. The number of carbonyl (C=O) groups is 1. The Morgan fingerprint density at radius 2 is 2.00 bits per heavy atom. The highest BCUT2D eigenvalue weighted by molar-refractivity contribution is 5.98. The van der Waals surface area contributed by atoms with E-state index in [9.17, 15) is 9.90 Å². The maximum Gasteiger partial charge on any atom is 0.289 e. The Hall–Kier alpha value is -1.81. The van der Waals surface area contributed by atoms with Gasteiger partial charge in [-0.15, -0.1) is 0 Å². The van der Waals surface area contributed by atoms with Crippen molar-refractivity contribution in [1.29, 1.82) is 0 Å². The van der Waals surface area contributed by atoms with E-state index in [0.717, 1.165) is 10.9 Å². The third-order valence-corrected chi connectivity index (χ3v) is 3.01. The van der Waals surface area contributed by atoms with Crippen LogP contribution in [-0.4, -0.2) is 35.1 Å². The van der Waals surface area contributed by atoms with E-state index in [1.165, 1.54) is 4.90 Å². The van der Waals surface area contributed by atoms with Crippen LogP contribution in [0.4, 0.5) is 0 Å². The van der Waals surface area contributed by atoms with Crippen LogP contribution in [0.3, 0.4) is 0 Å². The van der Waals surface area contributed by atoms with Crippen LogP contribution in [0.25, 0.3) is 11.0 Å². The molecule has 2 rings (SSSR count). The fourth-order valence-electron chi connectivity index (χ4n) is 2.20. The summed E-state index contributed by atoms with van der Waals surface area (Å²) in [6.07, 6.45) is 0. The zero-order valence-electron chi connectivity index (χ0n) is 11.7. The number of hydrogen-bond donors (Lipinski definition) is 1. The smallest absolute Gasteiger partial charge is 0.289 e. The summed E-state index contributed by atoms with van der Waals surface area (Å²) in [7, 11) is 1.66. The molecule has 0 saturated heterocycles. The number of nitrogens with zero attached hydrogens (tertiary/aromatic N) is 1. The summed E-state index contributed by atoms with van der Waals surface area (Å²) in [5.41, 5.74) is 0.618. The molecule has 1 heterocycles. The molecule has 0 saturated carbocycles. The Labute approximate surface area is 112 Å². The van der Waals surface area contributed by atoms with E-state index in [1.807, 2.05) is 31.2 Å². The summed E-state index contributed by atoms with van der Waals surface area (Å²) in [5.74, 6) is 0.128. The number of likely N-dealkylation sites (N-methyl/N-ethyl adjacent to an activating group) is 1. The van der Waals surface area contributed by atoms with Crippen LogP contribution in [0.1, 0.15) is 30.0 Å². The maximum atomic E-state index is 12.3. The Morgan fingerprint density at radius 3 is 2.58 bits per heavy atom. The lowest BCUT2D eigenvalue weighted by atomic mass is 10.1. The topological polar surface area (TPSA) is 53.7 Å². The van der Waals surface area contributed by atoms with Gasteiger partial charge in [0, 0.05) is 24.5 Å². The molecule has 2 aromatic rings. The summed E-state index contributed by atoms with van der Waals surface area (Å²) in [6, 6.07) is 7.57. The van der Waals surface area contributed by atoms with Crippen molar-refractivity contribution in [2.24, 2.45) is 0 Å². The first-order valence-corrected chi connectivity index (χ1v) is 6.25. The quantitative estimate of drug-likeness (QED) is 0.924. The largest absolute Gasteiger partial charge is 0.451 e. The number of furan rings is 1. The zero-order chi connectivity index (χ0) is 14.2. The van der Waals surface area contributed by atoms with E-state index < -0.39 is 5.60 Å². The van der Waals surface area contributed by atoms with Crippen LogP contribution < -0.4 is 0 Å². The number of aliphatic hydroxyl groups is 1. The lowest BCUT2D eigenvalue weighted by Gasteiger charge is -2.24. The summed E-state index contributed by atoms with van der Waals surface area (Å²) in [4.78, 5) is 13.8. The third kappa shape index (κ3) is 2.79. The van der Waals surface area contributed by atoms with E-state index in [4.69, 9.17) is 4.42 Å². The molecule has 0 fully saturated rings. The van der Waals surface area contributed by atoms with Crippen LogP contribution in [0, 0.1) is 6.92 Å². The normalized spacial score (nSPS) is 11.8. The van der Waals surface area contributed by atoms with Crippen molar-refractivity contribution in [2.75, 3.05) is 13.6 Å². The second-order valence-corrected chi connectivity index (χ2v) is 5.53. The number of fused-ring (bicyclic) bond motifs is 1. The summed E-state index contributed by atoms with van der Waals surface area (Å²) < 4.78 is 5.62. The molecule has 1 aromatic heterocycles. The second-order valence-electron chi connectivity index (χ2n) is 5.53. The molecule has 0 aliphatic rings. The summed E-state index contributed by atoms with van der Waals surface area (Å²) in [5, 5.41) is 10.7. The molecule has 1 amide bonds. The highest BCUT2D eigenvalue weighted by atomic mass is 16.3. The van der Waals surface area contributed by atoms with Gasteiger partial charge < -0.3 is 14.4 Å². The first-order valence-electron chi connectivity index (χ1n) is 6.25. The minimum absolute atomic E-state index is 0.212. The Morgan fingerprint density at radius 1 is 1.37 bits per heavy atom. The third-order valence-electron chi connectivity index (χ3n) is 3.01. The molecular formula is C15H19NO3. The van der Waals surface area contributed by atoms with Gasteiger partial charge in [0.1, 0.15) is 5.58 Å². The molecular weight excluding hydrogens is 242 g/mol. The standard InChI is InChI=1S/C15H19NO3/c1-10-11-7-5-6-8-12(11)19-13(10)14(17)16(4)9-15(2,3)18/h5-8,18H,9H2,1-4H3. The number of benzene rings is 1. The first-order chi connectivity index (χ1) is 8.79. The average Bonchev–Trinajstić information content (AvgIpc) is 2.64. The lowest BCUT2D eigenvalue weighted by molar-refractivity contribution is 0.0352. The lowest BCUT2D eigenvalue weighted by Crippen LogP contribution is -2.39. The highest BCUT2D eigenvalue weighted by Crippen LogP contribution is 2.25. The molecule has 4 heteroatoms. The number of amides is 1. The second kappa shape index (κ2) is 4.70. The minimum Gasteiger partial charge on any atom is -0.451 e. The molecule has 1 N–H and O–H groups in total. The number of carbonyl (C=O) groups excluding carboxylic acids is 1. The molecule has 19 heavy (non-hydrogen) atoms. The van der Waals surface area contributed by atoms with Crippen molar-refractivity contribution in [3.63, 3.8) is 0 Å². The molecule has 0 aliphatic heterocycles. The van der Waals surface area contributed by atoms with Gasteiger partial charge in [0.25, 0.3) is 5.91 Å². The molecule has 0 spiro atoms. The summed E-state index contributed by atoms with van der Waals surface area (Å²) in [6.45, 7) is 5.46. The number of hydrogen-bond acceptors (Lipinski definition) is 3. The van der Waals surface area contributed by atoms with Crippen LogP contribution in [-0.2, 0) is 0 Å².